The van der Waals surface area contributed by atoms with Gasteiger partial charge in [0.05, 0.1) is 12.7 Å². The third kappa shape index (κ3) is 6.12. The van der Waals surface area contributed by atoms with E-state index in [0.717, 1.165) is 16.9 Å². The minimum absolute atomic E-state index is 0.0799. The highest BCUT2D eigenvalue weighted by Gasteiger charge is 2.22. The van der Waals surface area contributed by atoms with Gasteiger partial charge in [0.25, 0.3) is 5.91 Å². The number of rotatable bonds is 8. The molecule has 0 aliphatic rings. The Balaban J connectivity index is 1.79. The summed E-state index contributed by atoms with van der Waals surface area (Å²) >= 11 is 0. The van der Waals surface area contributed by atoms with Crippen molar-refractivity contribution in [1.29, 1.82) is 0 Å². The van der Waals surface area contributed by atoms with Gasteiger partial charge in [-0.3, -0.25) is 4.79 Å². The molecule has 0 fully saturated rings. The maximum atomic E-state index is 11.9. The Labute approximate surface area is 148 Å². The molecule has 0 bridgehead atoms. The highest BCUT2D eigenvalue weighted by Crippen LogP contribution is 2.17. The molecule has 0 heterocycles. The van der Waals surface area contributed by atoms with Gasteiger partial charge in [0.2, 0.25) is 0 Å². The number of hydrogen-bond donors (Lipinski definition) is 2. The molecule has 0 saturated carbocycles. The number of hydrogen-bond acceptors (Lipinski definition) is 4. The summed E-state index contributed by atoms with van der Waals surface area (Å²) in [6.07, 6.45) is 0.427. The fraction of sp³-hybridized carbons (Fsp3) is 0.350. The molecule has 0 radical (unpaired) electrons. The van der Waals surface area contributed by atoms with Gasteiger partial charge >= 0.3 is 0 Å². The smallest absolute Gasteiger partial charge is 0.258 e. The van der Waals surface area contributed by atoms with Crippen molar-refractivity contribution in [2.45, 2.75) is 25.9 Å². The van der Waals surface area contributed by atoms with Crippen molar-refractivity contribution >= 4 is 5.91 Å². The molecule has 2 aromatic rings. The second-order valence-corrected chi connectivity index (χ2v) is 6.35. The monoisotopic (exact) mass is 343 g/mol. The van der Waals surface area contributed by atoms with Crippen LogP contribution >= 0.6 is 0 Å². The lowest BCUT2D eigenvalue weighted by Crippen LogP contribution is -2.43. The standard InChI is InChI=1S/C20H25NO4/c1-15-6-4-5-7-18(15)25-13-19(22)21-14-20(2,23)12-16-8-10-17(24-3)11-9-16/h4-11,23H,12-14H2,1-3H3,(H,21,22)/t20-/m0/s1. The fourth-order valence-electron chi connectivity index (χ4n) is 2.45. The lowest BCUT2D eigenvalue weighted by molar-refractivity contribution is -0.124. The van der Waals surface area contributed by atoms with Crippen molar-refractivity contribution in [1.82, 2.24) is 5.32 Å². The van der Waals surface area contributed by atoms with Crippen LogP contribution in [0.3, 0.4) is 0 Å². The number of nitrogens with one attached hydrogen (secondary N) is 1. The summed E-state index contributed by atoms with van der Waals surface area (Å²) in [5.74, 6) is 1.19. The second-order valence-electron chi connectivity index (χ2n) is 6.35. The molecule has 1 amide bonds. The number of ether oxygens (including phenoxy) is 2. The van der Waals surface area contributed by atoms with E-state index in [4.69, 9.17) is 9.47 Å². The second kappa shape index (κ2) is 8.53. The number of para-hydroxylation sites is 1. The highest BCUT2D eigenvalue weighted by atomic mass is 16.5. The minimum Gasteiger partial charge on any atom is -0.497 e. The van der Waals surface area contributed by atoms with Crippen molar-refractivity contribution in [3.63, 3.8) is 0 Å². The molecule has 5 heteroatoms. The Morgan fingerprint density at radius 2 is 1.84 bits per heavy atom. The van der Waals surface area contributed by atoms with Crippen LogP contribution in [0.2, 0.25) is 0 Å². The third-order valence-electron chi connectivity index (χ3n) is 3.86. The minimum atomic E-state index is -1.05. The van der Waals surface area contributed by atoms with Crippen LogP contribution in [0, 0.1) is 6.92 Å². The lowest BCUT2D eigenvalue weighted by Gasteiger charge is -2.24. The van der Waals surface area contributed by atoms with E-state index in [2.05, 4.69) is 5.32 Å². The van der Waals surface area contributed by atoms with Crippen LogP contribution in [-0.2, 0) is 11.2 Å². The number of benzene rings is 2. The number of carbonyl (C=O) groups is 1. The van der Waals surface area contributed by atoms with Crippen molar-refractivity contribution in [2.24, 2.45) is 0 Å². The maximum absolute atomic E-state index is 11.9. The van der Waals surface area contributed by atoms with Gasteiger partial charge in [-0.05, 0) is 43.2 Å². The SMILES string of the molecule is COc1ccc(C[C@](C)(O)CNC(=O)COc2ccccc2C)cc1. The number of aliphatic hydroxyl groups is 1. The zero-order chi connectivity index (χ0) is 18.3. The van der Waals surface area contributed by atoms with Crippen LogP contribution in [0.25, 0.3) is 0 Å². The fourth-order valence-corrected chi connectivity index (χ4v) is 2.45. The summed E-state index contributed by atoms with van der Waals surface area (Å²) in [6.45, 7) is 3.69. The normalized spacial score (nSPS) is 13.0. The molecule has 0 aliphatic carbocycles. The molecule has 0 saturated heterocycles. The first-order valence-corrected chi connectivity index (χ1v) is 8.20. The molecular formula is C20H25NO4. The van der Waals surface area contributed by atoms with E-state index in [9.17, 15) is 9.90 Å². The Bertz CT molecular complexity index is 695. The van der Waals surface area contributed by atoms with Gasteiger partial charge in [0.15, 0.2) is 6.61 Å². The van der Waals surface area contributed by atoms with E-state index in [0.29, 0.717) is 12.2 Å². The first kappa shape index (κ1) is 18.8. The van der Waals surface area contributed by atoms with Crippen LogP contribution in [-0.4, -0.2) is 36.9 Å². The molecule has 0 spiro atoms. The van der Waals surface area contributed by atoms with Crippen molar-refractivity contribution in [3.8, 4) is 11.5 Å². The van der Waals surface area contributed by atoms with Crippen molar-refractivity contribution in [2.75, 3.05) is 20.3 Å². The number of amides is 1. The molecule has 134 valence electrons. The number of methoxy groups -OCH3 is 1. The Morgan fingerprint density at radius 3 is 2.48 bits per heavy atom. The molecule has 1 atom stereocenters. The van der Waals surface area contributed by atoms with E-state index in [1.807, 2.05) is 55.5 Å². The predicted octanol–water partition coefficient (Wildman–Crippen LogP) is 2.49. The van der Waals surface area contributed by atoms with Gasteiger partial charge in [-0.1, -0.05) is 30.3 Å². The van der Waals surface area contributed by atoms with Crippen LogP contribution in [0.4, 0.5) is 0 Å². The average Bonchev–Trinajstić information content (AvgIpc) is 2.60. The summed E-state index contributed by atoms with van der Waals surface area (Å²) in [5.41, 5.74) is 0.894. The van der Waals surface area contributed by atoms with Gasteiger partial charge in [-0.2, -0.15) is 0 Å². The summed E-state index contributed by atoms with van der Waals surface area (Å²) in [4.78, 5) is 11.9. The molecule has 2 N–H and O–H groups in total. The van der Waals surface area contributed by atoms with E-state index in [-0.39, 0.29) is 19.1 Å². The molecule has 0 unspecified atom stereocenters. The van der Waals surface area contributed by atoms with Gasteiger partial charge in [0, 0.05) is 13.0 Å². The first-order valence-electron chi connectivity index (χ1n) is 8.20. The Kier molecular flexibility index (Phi) is 6.42. The molecule has 0 aromatic heterocycles. The van der Waals surface area contributed by atoms with Gasteiger partial charge < -0.3 is 19.9 Å². The number of carbonyl (C=O) groups excluding carboxylic acids is 1. The lowest BCUT2D eigenvalue weighted by atomic mass is 9.96. The molecule has 5 nitrogen and oxygen atoms in total. The zero-order valence-corrected chi connectivity index (χ0v) is 14.9. The van der Waals surface area contributed by atoms with Gasteiger partial charge in [-0.25, -0.2) is 0 Å². The highest BCUT2D eigenvalue weighted by molar-refractivity contribution is 5.77. The van der Waals surface area contributed by atoms with E-state index in [1.54, 1.807) is 14.0 Å². The zero-order valence-electron chi connectivity index (χ0n) is 14.9. The van der Waals surface area contributed by atoms with Crippen LogP contribution < -0.4 is 14.8 Å². The first-order chi connectivity index (χ1) is 11.9. The van der Waals surface area contributed by atoms with E-state index < -0.39 is 5.60 Å². The Hall–Kier alpha value is -2.53. The molecule has 0 aliphatic heterocycles. The van der Waals surface area contributed by atoms with Crippen molar-refractivity contribution in [3.05, 3.63) is 59.7 Å². The topological polar surface area (TPSA) is 67.8 Å². The number of aryl methyl sites for hydroxylation is 1. The predicted molar refractivity (Wildman–Crippen MR) is 97.0 cm³/mol. The van der Waals surface area contributed by atoms with Crippen LogP contribution in [0.1, 0.15) is 18.1 Å². The van der Waals surface area contributed by atoms with Crippen LogP contribution in [0.15, 0.2) is 48.5 Å². The molecule has 2 rings (SSSR count). The largest absolute Gasteiger partial charge is 0.497 e. The molecular weight excluding hydrogens is 318 g/mol. The summed E-state index contributed by atoms with van der Waals surface area (Å²) in [5, 5.41) is 13.2. The van der Waals surface area contributed by atoms with E-state index >= 15 is 0 Å². The average molecular weight is 343 g/mol. The summed E-state index contributed by atoms with van der Waals surface area (Å²) in [7, 11) is 1.61. The molecule has 2 aromatic carbocycles. The van der Waals surface area contributed by atoms with Crippen molar-refractivity contribution < 1.29 is 19.4 Å². The molecule has 25 heavy (non-hydrogen) atoms. The van der Waals surface area contributed by atoms with Gasteiger partial charge in [-0.15, -0.1) is 0 Å². The summed E-state index contributed by atoms with van der Waals surface area (Å²) < 4.78 is 10.6. The van der Waals surface area contributed by atoms with Gasteiger partial charge in [0.1, 0.15) is 11.5 Å². The third-order valence-corrected chi connectivity index (χ3v) is 3.86. The maximum Gasteiger partial charge on any atom is 0.258 e. The summed E-state index contributed by atoms with van der Waals surface area (Å²) in [6, 6.07) is 15.0. The Morgan fingerprint density at radius 1 is 1.16 bits per heavy atom. The quantitative estimate of drug-likeness (QED) is 0.773. The van der Waals surface area contributed by atoms with Crippen LogP contribution in [0.5, 0.6) is 11.5 Å². The van der Waals surface area contributed by atoms with E-state index in [1.165, 1.54) is 0 Å².